The summed E-state index contributed by atoms with van der Waals surface area (Å²) in [4.78, 5) is 23.5. The summed E-state index contributed by atoms with van der Waals surface area (Å²) in [6.45, 7) is 8.46. The van der Waals surface area contributed by atoms with Gasteiger partial charge < -0.3 is 10.2 Å². The van der Waals surface area contributed by atoms with Crippen LogP contribution < -0.4 is 0 Å². The molecule has 0 heterocycles. The molecule has 0 aliphatic carbocycles. The minimum Gasteiger partial charge on any atom is -0.478 e. The van der Waals surface area contributed by atoms with E-state index in [1.807, 2.05) is 13.0 Å². The maximum Gasteiger partial charge on any atom is 0.336 e. The predicted octanol–water partition coefficient (Wildman–Crippen LogP) is 6.45. The molecule has 1 rings (SSSR count). The Morgan fingerprint density at radius 2 is 1.38 bits per heavy atom. The average molecular weight is 363 g/mol. The minimum absolute atomic E-state index is 0.0126. The van der Waals surface area contributed by atoms with Crippen LogP contribution in [0.1, 0.15) is 123 Å². The van der Waals surface area contributed by atoms with Gasteiger partial charge >= 0.3 is 11.9 Å². The quantitative estimate of drug-likeness (QED) is 0.419. The predicted molar refractivity (Wildman–Crippen MR) is 105 cm³/mol. The van der Waals surface area contributed by atoms with Crippen molar-refractivity contribution in [1.82, 2.24) is 0 Å². The third-order valence-corrected chi connectivity index (χ3v) is 5.23. The monoisotopic (exact) mass is 362 g/mol. The molecule has 0 aliphatic rings. The molecule has 1 aromatic rings. The van der Waals surface area contributed by atoms with Gasteiger partial charge in [-0.15, -0.1) is 0 Å². The molecule has 0 spiro atoms. The zero-order valence-electron chi connectivity index (χ0n) is 16.7. The molecule has 0 amide bonds. The molecule has 2 atom stereocenters. The van der Waals surface area contributed by atoms with Gasteiger partial charge in [0.1, 0.15) is 0 Å². The first kappa shape index (κ1) is 22.2. The minimum atomic E-state index is -1.17. The molecule has 0 fully saturated rings. The van der Waals surface area contributed by atoms with E-state index in [4.69, 9.17) is 0 Å². The molecule has 146 valence electrons. The first-order valence-corrected chi connectivity index (χ1v) is 9.98. The molecular weight excluding hydrogens is 328 g/mol. The van der Waals surface area contributed by atoms with Gasteiger partial charge in [0, 0.05) is 0 Å². The van der Waals surface area contributed by atoms with E-state index in [1.165, 1.54) is 6.07 Å². The highest BCUT2D eigenvalue weighted by Crippen LogP contribution is 2.36. The van der Waals surface area contributed by atoms with E-state index in [1.54, 1.807) is 0 Å². The Bertz CT molecular complexity index is 606. The van der Waals surface area contributed by atoms with E-state index in [-0.39, 0.29) is 23.0 Å². The van der Waals surface area contributed by atoms with Crippen LogP contribution in [0.4, 0.5) is 0 Å². The molecular formula is C22H34O4. The Balaban J connectivity index is 3.36. The summed E-state index contributed by atoms with van der Waals surface area (Å²) in [5.74, 6) is -2.04. The average Bonchev–Trinajstić information content (AvgIpc) is 2.60. The van der Waals surface area contributed by atoms with Crippen LogP contribution in [-0.4, -0.2) is 22.2 Å². The molecule has 1 aromatic carbocycles. The van der Waals surface area contributed by atoms with Crippen molar-refractivity contribution in [3.63, 3.8) is 0 Å². The summed E-state index contributed by atoms with van der Waals surface area (Å²) in [5.41, 5.74) is 1.63. The second-order valence-corrected chi connectivity index (χ2v) is 7.39. The van der Waals surface area contributed by atoms with E-state index in [2.05, 4.69) is 20.8 Å². The number of carboxylic acid groups (broad SMARTS) is 2. The van der Waals surface area contributed by atoms with Crippen molar-refractivity contribution in [2.24, 2.45) is 0 Å². The van der Waals surface area contributed by atoms with Gasteiger partial charge in [-0.1, -0.05) is 72.3 Å². The fourth-order valence-electron chi connectivity index (χ4n) is 3.71. The molecule has 2 N–H and O–H groups in total. The highest BCUT2D eigenvalue weighted by Gasteiger charge is 2.27. The van der Waals surface area contributed by atoms with Gasteiger partial charge in [-0.3, -0.25) is 0 Å². The van der Waals surface area contributed by atoms with E-state index >= 15 is 0 Å². The van der Waals surface area contributed by atoms with Gasteiger partial charge in [0.25, 0.3) is 0 Å². The molecule has 4 heteroatoms. The smallest absolute Gasteiger partial charge is 0.336 e. The van der Waals surface area contributed by atoms with Gasteiger partial charge in [-0.2, -0.15) is 0 Å². The number of unbranched alkanes of at least 4 members (excludes halogenated alkanes) is 4. The van der Waals surface area contributed by atoms with Gasteiger partial charge in [0.15, 0.2) is 0 Å². The lowest BCUT2D eigenvalue weighted by Gasteiger charge is -2.24. The Morgan fingerprint density at radius 3 is 1.85 bits per heavy atom. The van der Waals surface area contributed by atoms with Crippen molar-refractivity contribution >= 4 is 11.9 Å². The fourth-order valence-corrected chi connectivity index (χ4v) is 3.71. The Hall–Kier alpha value is -1.84. The van der Waals surface area contributed by atoms with E-state index < -0.39 is 11.9 Å². The van der Waals surface area contributed by atoms with Crippen molar-refractivity contribution in [2.45, 2.75) is 90.9 Å². The molecule has 0 aliphatic heterocycles. The molecule has 0 radical (unpaired) electrons. The van der Waals surface area contributed by atoms with Crippen molar-refractivity contribution in [3.05, 3.63) is 34.4 Å². The number of hydrogen-bond donors (Lipinski definition) is 2. The summed E-state index contributed by atoms with van der Waals surface area (Å²) < 4.78 is 0. The number of rotatable bonds is 12. The second kappa shape index (κ2) is 11.0. The maximum atomic E-state index is 12.0. The van der Waals surface area contributed by atoms with Gasteiger partial charge in [-0.25, -0.2) is 9.59 Å². The molecule has 0 bridgehead atoms. The molecule has 2 unspecified atom stereocenters. The molecule has 26 heavy (non-hydrogen) atoms. The fraction of sp³-hybridized carbons (Fsp3) is 0.636. The lowest BCUT2D eigenvalue weighted by Crippen LogP contribution is -2.16. The molecule has 0 aromatic heterocycles. The van der Waals surface area contributed by atoms with Crippen LogP contribution in [0.5, 0.6) is 0 Å². The van der Waals surface area contributed by atoms with Crippen LogP contribution in [0.2, 0.25) is 0 Å². The second-order valence-electron chi connectivity index (χ2n) is 7.39. The van der Waals surface area contributed by atoms with Crippen LogP contribution >= 0.6 is 0 Å². The topological polar surface area (TPSA) is 74.6 Å². The van der Waals surface area contributed by atoms with Gasteiger partial charge in [0.2, 0.25) is 0 Å². The van der Waals surface area contributed by atoms with Crippen LogP contribution in [0.3, 0.4) is 0 Å². The first-order valence-electron chi connectivity index (χ1n) is 9.98. The van der Waals surface area contributed by atoms with E-state index in [0.717, 1.165) is 62.5 Å². The maximum absolute atomic E-state index is 12.0. The van der Waals surface area contributed by atoms with E-state index in [0.29, 0.717) is 0 Å². The summed E-state index contributed by atoms with van der Waals surface area (Å²) in [6, 6.07) is 3.32. The largest absolute Gasteiger partial charge is 0.478 e. The highest BCUT2D eigenvalue weighted by atomic mass is 16.4. The highest BCUT2D eigenvalue weighted by molar-refractivity contribution is 6.03. The third-order valence-electron chi connectivity index (χ3n) is 5.23. The van der Waals surface area contributed by atoms with Crippen LogP contribution in [0.25, 0.3) is 0 Å². The number of carboxylic acids is 2. The van der Waals surface area contributed by atoms with Gasteiger partial charge in [0.05, 0.1) is 11.1 Å². The molecule has 4 nitrogen and oxygen atoms in total. The third kappa shape index (κ3) is 5.86. The summed E-state index contributed by atoms with van der Waals surface area (Å²) in [7, 11) is 0. The van der Waals surface area contributed by atoms with E-state index in [9.17, 15) is 19.8 Å². The summed E-state index contributed by atoms with van der Waals surface area (Å²) in [6.07, 6.45) is 8.51. The Labute approximate surface area is 157 Å². The Kier molecular flexibility index (Phi) is 9.39. The normalized spacial score (nSPS) is 13.4. The van der Waals surface area contributed by atoms with Crippen molar-refractivity contribution in [3.8, 4) is 0 Å². The number of hydrogen-bond acceptors (Lipinski definition) is 2. The van der Waals surface area contributed by atoms with Crippen molar-refractivity contribution < 1.29 is 19.8 Å². The standard InChI is InChI=1S/C22H34O4/c1-5-7-9-11-15(3)17-13-14-18(21(23)24)20(22(25)26)19(17)16(4)12-10-8-6-2/h13-16H,5-12H2,1-4H3,(H,23,24)(H,25,26). The van der Waals surface area contributed by atoms with Gasteiger partial charge in [-0.05, 0) is 41.9 Å². The number of carbonyl (C=O) groups is 2. The van der Waals surface area contributed by atoms with Crippen molar-refractivity contribution in [2.75, 3.05) is 0 Å². The number of aromatic carboxylic acids is 2. The van der Waals surface area contributed by atoms with Crippen LogP contribution in [0, 0.1) is 0 Å². The zero-order valence-corrected chi connectivity index (χ0v) is 16.7. The summed E-state index contributed by atoms with van der Waals surface area (Å²) in [5, 5.41) is 19.2. The lowest BCUT2D eigenvalue weighted by atomic mass is 9.80. The molecule has 0 saturated carbocycles. The Morgan fingerprint density at radius 1 is 0.846 bits per heavy atom. The van der Waals surface area contributed by atoms with Crippen LogP contribution in [0.15, 0.2) is 12.1 Å². The number of benzene rings is 1. The van der Waals surface area contributed by atoms with Crippen LogP contribution in [-0.2, 0) is 0 Å². The SMILES string of the molecule is CCCCCC(C)c1ccc(C(=O)O)c(C(=O)O)c1C(C)CCCCC. The van der Waals surface area contributed by atoms with Crippen molar-refractivity contribution in [1.29, 1.82) is 0 Å². The lowest BCUT2D eigenvalue weighted by molar-refractivity contribution is 0.0650. The molecule has 0 saturated heterocycles. The zero-order chi connectivity index (χ0) is 19.7. The first-order chi connectivity index (χ1) is 12.3. The summed E-state index contributed by atoms with van der Waals surface area (Å²) >= 11 is 0.